The summed E-state index contributed by atoms with van der Waals surface area (Å²) in [7, 11) is -3.49. The monoisotopic (exact) mass is 382 g/mol. The Labute approximate surface area is 157 Å². The molecule has 1 aromatic carbocycles. The van der Waals surface area contributed by atoms with E-state index in [1.807, 2.05) is 18.7 Å². The maximum atomic E-state index is 12.6. The number of hydrogen-bond donors (Lipinski definition) is 0. The van der Waals surface area contributed by atoms with Crippen LogP contribution < -0.4 is 4.74 Å². The summed E-state index contributed by atoms with van der Waals surface area (Å²) in [4.78, 5) is 14.4. The molecule has 0 N–H and O–H groups in total. The van der Waals surface area contributed by atoms with E-state index in [0.717, 1.165) is 25.9 Å². The fraction of sp³-hybridized carbons (Fsp3) is 0.632. The zero-order valence-electron chi connectivity index (χ0n) is 16.0. The summed E-state index contributed by atoms with van der Waals surface area (Å²) in [5.74, 6) is 0.540. The Morgan fingerprint density at radius 3 is 2.27 bits per heavy atom. The molecule has 26 heavy (non-hydrogen) atoms. The van der Waals surface area contributed by atoms with Gasteiger partial charge in [0.1, 0.15) is 5.75 Å². The lowest BCUT2D eigenvalue weighted by atomic mass is 10.2. The first kappa shape index (κ1) is 20.7. The van der Waals surface area contributed by atoms with Crippen molar-refractivity contribution in [1.29, 1.82) is 0 Å². The molecule has 0 saturated carbocycles. The van der Waals surface area contributed by atoms with Crippen LogP contribution in [0, 0.1) is 6.92 Å². The molecule has 1 saturated heterocycles. The highest BCUT2D eigenvalue weighted by Crippen LogP contribution is 2.24. The molecular formula is C19H30N2O4S. The zero-order valence-corrected chi connectivity index (χ0v) is 16.8. The van der Waals surface area contributed by atoms with Crippen LogP contribution in [0.25, 0.3) is 0 Å². The number of carbonyl (C=O) groups is 1. The van der Waals surface area contributed by atoms with Gasteiger partial charge in [0.15, 0.2) is 6.61 Å². The molecule has 0 bridgehead atoms. The lowest BCUT2D eigenvalue weighted by Crippen LogP contribution is -2.35. The molecule has 0 spiro atoms. The standard InChI is InChI=1S/C19H30N2O4S/c1-4-21(5-2)26(23,24)17-10-11-18(16(3)14-17)25-15-19(22)20-12-8-6-7-9-13-20/h10-11,14H,4-9,12-13,15H2,1-3H3. The molecule has 1 heterocycles. The van der Waals surface area contributed by atoms with Gasteiger partial charge >= 0.3 is 0 Å². The van der Waals surface area contributed by atoms with E-state index in [2.05, 4.69) is 0 Å². The van der Waals surface area contributed by atoms with E-state index in [1.54, 1.807) is 25.1 Å². The van der Waals surface area contributed by atoms with Crippen molar-refractivity contribution >= 4 is 15.9 Å². The molecule has 0 atom stereocenters. The van der Waals surface area contributed by atoms with Gasteiger partial charge in [-0.1, -0.05) is 26.7 Å². The maximum Gasteiger partial charge on any atom is 0.260 e. The molecule has 0 aromatic heterocycles. The largest absolute Gasteiger partial charge is 0.483 e. The highest BCUT2D eigenvalue weighted by atomic mass is 32.2. The molecule has 1 aliphatic rings. The Morgan fingerprint density at radius 2 is 1.73 bits per heavy atom. The molecular weight excluding hydrogens is 352 g/mol. The molecule has 2 rings (SSSR count). The minimum atomic E-state index is -3.49. The van der Waals surface area contributed by atoms with Crippen LogP contribution in [0.4, 0.5) is 0 Å². The lowest BCUT2D eigenvalue weighted by Gasteiger charge is -2.21. The van der Waals surface area contributed by atoms with Gasteiger partial charge in [0, 0.05) is 26.2 Å². The normalized spacial score (nSPS) is 15.8. The van der Waals surface area contributed by atoms with Crippen molar-refractivity contribution in [3.05, 3.63) is 23.8 Å². The summed E-state index contributed by atoms with van der Waals surface area (Å²) in [6, 6.07) is 4.80. The third kappa shape index (κ3) is 4.98. The second-order valence-corrected chi connectivity index (χ2v) is 8.54. The Bertz CT molecular complexity index is 706. The van der Waals surface area contributed by atoms with Crippen molar-refractivity contribution in [2.24, 2.45) is 0 Å². The van der Waals surface area contributed by atoms with Crippen molar-refractivity contribution in [2.45, 2.75) is 51.3 Å². The third-order valence-corrected chi connectivity index (χ3v) is 6.85. The van der Waals surface area contributed by atoms with Gasteiger partial charge in [0.2, 0.25) is 10.0 Å². The number of likely N-dealkylation sites (tertiary alicyclic amines) is 1. The van der Waals surface area contributed by atoms with Gasteiger partial charge in [-0.05, 0) is 43.5 Å². The number of carbonyl (C=O) groups excluding carboxylic acids is 1. The van der Waals surface area contributed by atoms with Crippen LogP contribution >= 0.6 is 0 Å². The van der Waals surface area contributed by atoms with Crippen LogP contribution in [0.3, 0.4) is 0 Å². The van der Waals surface area contributed by atoms with E-state index < -0.39 is 10.0 Å². The Morgan fingerprint density at radius 1 is 1.12 bits per heavy atom. The first-order chi connectivity index (χ1) is 12.4. The maximum absolute atomic E-state index is 12.6. The molecule has 0 unspecified atom stereocenters. The van der Waals surface area contributed by atoms with Crippen LogP contribution in [0.5, 0.6) is 5.75 Å². The molecule has 1 fully saturated rings. The van der Waals surface area contributed by atoms with Gasteiger partial charge in [-0.3, -0.25) is 4.79 Å². The second kappa shape index (κ2) is 9.37. The Kier molecular flexibility index (Phi) is 7.46. The van der Waals surface area contributed by atoms with E-state index >= 15 is 0 Å². The minimum Gasteiger partial charge on any atom is -0.483 e. The average molecular weight is 383 g/mol. The summed E-state index contributed by atoms with van der Waals surface area (Å²) in [5, 5.41) is 0. The smallest absolute Gasteiger partial charge is 0.260 e. The minimum absolute atomic E-state index is 0.00820. The van der Waals surface area contributed by atoms with E-state index in [0.29, 0.717) is 24.4 Å². The molecule has 146 valence electrons. The number of aryl methyl sites for hydroxylation is 1. The van der Waals surface area contributed by atoms with Gasteiger partial charge in [-0.25, -0.2) is 8.42 Å². The second-order valence-electron chi connectivity index (χ2n) is 6.60. The summed E-state index contributed by atoms with van der Waals surface area (Å²) in [5.41, 5.74) is 0.710. The summed E-state index contributed by atoms with van der Waals surface area (Å²) in [6.07, 6.45) is 4.43. The molecule has 7 heteroatoms. The predicted molar refractivity (Wildman–Crippen MR) is 102 cm³/mol. The quantitative estimate of drug-likeness (QED) is 0.727. The molecule has 1 aliphatic heterocycles. The molecule has 6 nitrogen and oxygen atoms in total. The fourth-order valence-electron chi connectivity index (χ4n) is 3.21. The van der Waals surface area contributed by atoms with Crippen molar-refractivity contribution in [1.82, 2.24) is 9.21 Å². The van der Waals surface area contributed by atoms with Gasteiger partial charge in [0.25, 0.3) is 5.91 Å². The Balaban J connectivity index is 2.04. The SMILES string of the molecule is CCN(CC)S(=O)(=O)c1ccc(OCC(=O)N2CCCCCC2)c(C)c1. The number of hydrogen-bond acceptors (Lipinski definition) is 4. The summed E-state index contributed by atoms with van der Waals surface area (Å²) < 4.78 is 32.3. The van der Waals surface area contributed by atoms with Gasteiger partial charge in [-0.2, -0.15) is 4.31 Å². The number of amides is 1. The van der Waals surface area contributed by atoms with Crippen LogP contribution in [-0.4, -0.2) is 56.3 Å². The third-order valence-electron chi connectivity index (χ3n) is 4.80. The summed E-state index contributed by atoms with van der Waals surface area (Å²) in [6.45, 7) is 7.88. The van der Waals surface area contributed by atoms with Crippen LogP contribution in [0.2, 0.25) is 0 Å². The zero-order chi connectivity index (χ0) is 19.2. The van der Waals surface area contributed by atoms with E-state index in [-0.39, 0.29) is 17.4 Å². The first-order valence-electron chi connectivity index (χ1n) is 9.41. The first-order valence-corrected chi connectivity index (χ1v) is 10.9. The van der Waals surface area contributed by atoms with Crippen molar-refractivity contribution in [2.75, 3.05) is 32.8 Å². The highest BCUT2D eigenvalue weighted by Gasteiger charge is 2.22. The van der Waals surface area contributed by atoms with E-state index in [1.165, 1.54) is 17.1 Å². The van der Waals surface area contributed by atoms with E-state index in [9.17, 15) is 13.2 Å². The number of nitrogens with zero attached hydrogens (tertiary/aromatic N) is 2. The molecule has 0 radical (unpaired) electrons. The number of sulfonamides is 1. The van der Waals surface area contributed by atoms with E-state index in [4.69, 9.17) is 4.74 Å². The van der Waals surface area contributed by atoms with Gasteiger partial charge in [0.05, 0.1) is 4.90 Å². The number of benzene rings is 1. The summed E-state index contributed by atoms with van der Waals surface area (Å²) >= 11 is 0. The van der Waals surface area contributed by atoms with Crippen LogP contribution in [0.15, 0.2) is 23.1 Å². The Hall–Kier alpha value is -1.60. The molecule has 1 aromatic rings. The van der Waals surface area contributed by atoms with Crippen molar-refractivity contribution < 1.29 is 17.9 Å². The topological polar surface area (TPSA) is 66.9 Å². The highest BCUT2D eigenvalue weighted by molar-refractivity contribution is 7.89. The van der Waals surface area contributed by atoms with Crippen molar-refractivity contribution in [3.8, 4) is 5.75 Å². The predicted octanol–water partition coefficient (Wildman–Crippen LogP) is 2.81. The lowest BCUT2D eigenvalue weighted by molar-refractivity contribution is -0.133. The molecule has 0 aliphatic carbocycles. The van der Waals surface area contributed by atoms with Crippen LogP contribution in [0.1, 0.15) is 45.1 Å². The van der Waals surface area contributed by atoms with Gasteiger partial charge < -0.3 is 9.64 Å². The molecule has 1 amide bonds. The number of ether oxygens (including phenoxy) is 1. The average Bonchev–Trinajstić information content (AvgIpc) is 2.90. The fourth-order valence-corrected chi connectivity index (χ4v) is 4.75. The van der Waals surface area contributed by atoms with Crippen molar-refractivity contribution in [3.63, 3.8) is 0 Å². The van der Waals surface area contributed by atoms with Crippen LogP contribution in [-0.2, 0) is 14.8 Å². The van der Waals surface area contributed by atoms with Gasteiger partial charge in [-0.15, -0.1) is 0 Å². The number of rotatable bonds is 7.